The molecule has 1 aromatic heterocycles. The first-order valence-corrected chi connectivity index (χ1v) is 11.4. The average molecular weight is 446 g/mol. The number of aromatic nitrogens is 4. The second-order valence-corrected chi connectivity index (χ2v) is 8.40. The van der Waals surface area contributed by atoms with E-state index >= 15 is 0 Å². The summed E-state index contributed by atoms with van der Waals surface area (Å²) in [6.07, 6.45) is 2.32. The molecular formula is C24H27N7O2. The van der Waals surface area contributed by atoms with Crippen LogP contribution in [0.3, 0.4) is 0 Å². The highest BCUT2D eigenvalue weighted by atomic mass is 16.2. The van der Waals surface area contributed by atoms with E-state index in [4.69, 9.17) is 0 Å². The number of hydrogen-bond acceptors (Lipinski definition) is 6. The number of piperidine rings is 1. The number of benzene rings is 2. The Kier molecular flexibility index (Phi) is 6.01. The van der Waals surface area contributed by atoms with Crippen LogP contribution in [0.4, 0.5) is 5.95 Å². The van der Waals surface area contributed by atoms with Crippen molar-refractivity contribution in [2.45, 2.75) is 25.3 Å². The van der Waals surface area contributed by atoms with Crippen LogP contribution in [0, 0.1) is 0 Å². The van der Waals surface area contributed by atoms with E-state index in [0.717, 1.165) is 24.1 Å². The third kappa shape index (κ3) is 4.30. The monoisotopic (exact) mass is 445 g/mol. The lowest BCUT2D eigenvalue weighted by Crippen LogP contribution is -2.53. The van der Waals surface area contributed by atoms with Crippen LogP contribution in [-0.4, -0.2) is 74.5 Å². The molecule has 0 N–H and O–H groups in total. The number of carbonyl (C=O) groups is 2. The summed E-state index contributed by atoms with van der Waals surface area (Å²) in [7, 11) is 0. The number of rotatable bonds is 5. The molecule has 1 unspecified atom stereocenters. The molecular weight excluding hydrogens is 418 g/mol. The lowest BCUT2D eigenvalue weighted by atomic mass is 9.99. The Labute approximate surface area is 192 Å². The van der Waals surface area contributed by atoms with Crippen molar-refractivity contribution in [2.24, 2.45) is 0 Å². The number of tetrazole rings is 1. The summed E-state index contributed by atoms with van der Waals surface area (Å²) in [4.78, 5) is 32.1. The summed E-state index contributed by atoms with van der Waals surface area (Å²) in [5.74, 6) is 0.710. The molecule has 0 radical (unpaired) electrons. The van der Waals surface area contributed by atoms with Crippen LogP contribution < -0.4 is 4.90 Å². The summed E-state index contributed by atoms with van der Waals surface area (Å²) in [5, 5.41) is 12.2. The van der Waals surface area contributed by atoms with Gasteiger partial charge in [0.2, 0.25) is 17.8 Å². The molecule has 2 aromatic carbocycles. The van der Waals surface area contributed by atoms with Crippen LogP contribution in [0.15, 0.2) is 60.7 Å². The van der Waals surface area contributed by atoms with Crippen molar-refractivity contribution in [3.63, 3.8) is 0 Å². The van der Waals surface area contributed by atoms with Gasteiger partial charge in [-0.25, -0.2) is 0 Å². The predicted octanol–water partition coefficient (Wildman–Crippen LogP) is 2.06. The molecule has 170 valence electrons. The van der Waals surface area contributed by atoms with Gasteiger partial charge in [0, 0.05) is 39.1 Å². The van der Waals surface area contributed by atoms with Crippen LogP contribution in [-0.2, 0) is 9.59 Å². The van der Waals surface area contributed by atoms with Gasteiger partial charge in [-0.2, -0.15) is 4.68 Å². The molecule has 0 saturated carbocycles. The van der Waals surface area contributed by atoms with Crippen molar-refractivity contribution >= 4 is 17.8 Å². The highest BCUT2D eigenvalue weighted by Crippen LogP contribution is 2.28. The normalized spacial score (nSPS) is 17.8. The largest absolute Gasteiger partial charge is 0.337 e. The van der Waals surface area contributed by atoms with Gasteiger partial charge in [-0.05, 0) is 41.0 Å². The molecule has 0 aliphatic carbocycles. The molecule has 2 amide bonds. The summed E-state index contributed by atoms with van der Waals surface area (Å²) in [5.41, 5.74) is 1.76. The van der Waals surface area contributed by atoms with Gasteiger partial charge in [0.25, 0.3) is 0 Å². The molecule has 2 saturated heterocycles. The summed E-state index contributed by atoms with van der Waals surface area (Å²) in [6.45, 7) is 2.95. The van der Waals surface area contributed by atoms with Crippen molar-refractivity contribution in [3.05, 3.63) is 66.2 Å². The van der Waals surface area contributed by atoms with E-state index in [1.165, 1.54) is 0 Å². The van der Waals surface area contributed by atoms with Gasteiger partial charge < -0.3 is 14.7 Å². The number of piperazine rings is 1. The second kappa shape index (κ2) is 9.40. The molecule has 1 atom stereocenters. The predicted molar refractivity (Wildman–Crippen MR) is 123 cm³/mol. The summed E-state index contributed by atoms with van der Waals surface area (Å²) in [6, 6.07) is 18.8. The zero-order valence-corrected chi connectivity index (χ0v) is 18.5. The maximum absolute atomic E-state index is 13.7. The molecule has 3 aromatic rings. The molecule has 0 spiro atoms. The number of hydrogen-bond donors (Lipinski definition) is 0. The van der Waals surface area contributed by atoms with Gasteiger partial charge in [0.15, 0.2) is 0 Å². The molecule has 2 aliphatic heterocycles. The molecule has 0 bridgehead atoms. The Morgan fingerprint density at radius 3 is 2.24 bits per heavy atom. The lowest BCUT2D eigenvalue weighted by molar-refractivity contribution is -0.148. The zero-order valence-electron chi connectivity index (χ0n) is 18.5. The summed E-state index contributed by atoms with van der Waals surface area (Å²) < 4.78 is 1.72. The van der Waals surface area contributed by atoms with E-state index < -0.39 is 6.04 Å². The summed E-state index contributed by atoms with van der Waals surface area (Å²) >= 11 is 0. The van der Waals surface area contributed by atoms with Gasteiger partial charge >= 0.3 is 0 Å². The molecule has 9 nitrogen and oxygen atoms in total. The quantitative estimate of drug-likeness (QED) is 0.598. The number of nitrogens with zero attached hydrogens (tertiary/aromatic N) is 7. The van der Waals surface area contributed by atoms with E-state index in [1.54, 1.807) is 9.58 Å². The van der Waals surface area contributed by atoms with Crippen molar-refractivity contribution in [1.29, 1.82) is 0 Å². The Morgan fingerprint density at radius 1 is 0.848 bits per heavy atom. The number of amides is 2. The highest BCUT2D eigenvalue weighted by molar-refractivity contribution is 5.89. The standard InChI is InChI=1S/C24H27N7O2/c32-21-13-7-8-14-30(21)22(19-9-3-1-4-10-19)23(33)28-15-17-29(18-16-28)24-25-26-27-31(24)20-11-5-2-6-12-20/h1-6,9-12,22H,7-8,13-18H2. The zero-order chi connectivity index (χ0) is 22.6. The first kappa shape index (κ1) is 21.1. The van der Waals surface area contributed by atoms with Crippen molar-refractivity contribution in [1.82, 2.24) is 30.0 Å². The molecule has 2 fully saturated rings. The third-order valence-electron chi connectivity index (χ3n) is 6.35. The van der Waals surface area contributed by atoms with E-state index in [1.807, 2.05) is 65.6 Å². The Hall–Kier alpha value is -3.75. The van der Waals surface area contributed by atoms with E-state index in [-0.39, 0.29) is 11.8 Å². The number of likely N-dealkylation sites (tertiary alicyclic amines) is 1. The van der Waals surface area contributed by atoms with Gasteiger partial charge in [-0.3, -0.25) is 9.59 Å². The molecule has 33 heavy (non-hydrogen) atoms. The molecule has 3 heterocycles. The fourth-order valence-corrected chi connectivity index (χ4v) is 4.61. The fraction of sp³-hybridized carbons (Fsp3) is 0.375. The molecule has 9 heteroatoms. The van der Waals surface area contributed by atoms with Gasteiger partial charge in [-0.1, -0.05) is 53.6 Å². The van der Waals surface area contributed by atoms with Crippen LogP contribution >= 0.6 is 0 Å². The maximum Gasteiger partial charge on any atom is 0.250 e. The Bertz CT molecular complexity index is 1090. The van der Waals surface area contributed by atoms with E-state index in [9.17, 15) is 9.59 Å². The fourth-order valence-electron chi connectivity index (χ4n) is 4.61. The number of para-hydroxylation sites is 1. The van der Waals surface area contributed by atoms with Crippen molar-refractivity contribution in [3.8, 4) is 5.69 Å². The maximum atomic E-state index is 13.7. The van der Waals surface area contributed by atoms with Crippen LogP contribution in [0.1, 0.15) is 30.9 Å². The van der Waals surface area contributed by atoms with Crippen LogP contribution in [0.25, 0.3) is 5.69 Å². The van der Waals surface area contributed by atoms with Crippen LogP contribution in [0.2, 0.25) is 0 Å². The first-order valence-electron chi connectivity index (χ1n) is 11.4. The molecule has 5 rings (SSSR count). The van der Waals surface area contributed by atoms with Crippen molar-refractivity contribution in [2.75, 3.05) is 37.6 Å². The average Bonchev–Trinajstić information content (AvgIpc) is 3.37. The Morgan fingerprint density at radius 2 is 1.55 bits per heavy atom. The van der Waals surface area contributed by atoms with Gasteiger partial charge in [-0.15, -0.1) is 0 Å². The lowest BCUT2D eigenvalue weighted by Gasteiger charge is -2.40. The van der Waals surface area contributed by atoms with Crippen LogP contribution in [0.5, 0.6) is 0 Å². The SMILES string of the molecule is O=C(C(c1ccccc1)N1CCCCC1=O)N1CCN(c2nnnn2-c2ccccc2)CC1. The minimum Gasteiger partial charge on any atom is -0.337 e. The Balaban J connectivity index is 1.32. The number of carbonyl (C=O) groups excluding carboxylic acids is 2. The molecule has 2 aliphatic rings. The van der Waals surface area contributed by atoms with Crippen molar-refractivity contribution < 1.29 is 9.59 Å². The van der Waals surface area contributed by atoms with Gasteiger partial charge in [0.05, 0.1) is 5.69 Å². The van der Waals surface area contributed by atoms with Gasteiger partial charge in [0.1, 0.15) is 6.04 Å². The smallest absolute Gasteiger partial charge is 0.250 e. The minimum absolute atomic E-state index is 0.0150. The highest BCUT2D eigenvalue weighted by Gasteiger charge is 2.36. The second-order valence-electron chi connectivity index (χ2n) is 8.40. The minimum atomic E-state index is -0.569. The third-order valence-corrected chi connectivity index (χ3v) is 6.35. The topological polar surface area (TPSA) is 87.5 Å². The first-order chi connectivity index (χ1) is 16.2. The number of anilines is 1. The van der Waals surface area contributed by atoms with E-state index in [0.29, 0.717) is 45.1 Å². The van der Waals surface area contributed by atoms with E-state index in [2.05, 4.69) is 20.4 Å².